The fraction of sp³-hybridized carbons (Fsp3) is 0.333. The molecule has 0 saturated heterocycles. The van der Waals surface area contributed by atoms with Gasteiger partial charge in [-0.3, -0.25) is 9.59 Å². The number of methoxy groups -OCH3 is 2. The number of carbonyl (C=O) groups is 1. The third kappa shape index (κ3) is 4.38. The number of rotatable bonds is 7. The van der Waals surface area contributed by atoms with Gasteiger partial charge in [0.25, 0.3) is 5.56 Å². The van der Waals surface area contributed by atoms with Crippen molar-refractivity contribution in [3.8, 4) is 11.5 Å². The van der Waals surface area contributed by atoms with Gasteiger partial charge in [-0.1, -0.05) is 18.2 Å². The van der Waals surface area contributed by atoms with E-state index in [4.69, 9.17) is 9.47 Å². The van der Waals surface area contributed by atoms with Gasteiger partial charge >= 0.3 is 0 Å². The first kappa shape index (κ1) is 17.6. The van der Waals surface area contributed by atoms with Crippen LogP contribution in [0.25, 0.3) is 0 Å². The summed E-state index contributed by atoms with van der Waals surface area (Å²) < 4.78 is 11.9. The van der Waals surface area contributed by atoms with Gasteiger partial charge in [-0.25, -0.2) is 0 Å². The van der Waals surface area contributed by atoms with E-state index in [2.05, 4.69) is 5.32 Å². The molecule has 0 aliphatic heterocycles. The summed E-state index contributed by atoms with van der Waals surface area (Å²) >= 11 is 0. The highest BCUT2D eigenvalue weighted by atomic mass is 16.5. The molecule has 1 N–H and O–H groups in total. The number of hydrogen-bond acceptors (Lipinski definition) is 4. The van der Waals surface area contributed by atoms with Crippen LogP contribution in [0.2, 0.25) is 0 Å². The molecule has 1 aromatic carbocycles. The second-order valence-corrected chi connectivity index (χ2v) is 5.37. The standard InChI is InChI=1S/C18H22N2O4/c1-13-10-15(23-2)12-18(22)20(13)9-8-19-17(21)11-14-6-4-5-7-16(14)24-3/h4-7,10,12H,8-9,11H2,1-3H3,(H,19,21). The maximum absolute atomic E-state index is 12.1. The van der Waals surface area contributed by atoms with E-state index in [1.54, 1.807) is 17.7 Å². The van der Waals surface area contributed by atoms with Gasteiger partial charge in [-0.2, -0.15) is 0 Å². The van der Waals surface area contributed by atoms with E-state index < -0.39 is 0 Å². The van der Waals surface area contributed by atoms with Crippen molar-refractivity contribution in [1.29, 1.82) is 0 Å². The number of benzene rings is 1. The normalized spacial score (nSPS) is 10.3. The zero-order chi connectivity index (χ0) is 17.5. The van der Waals surface area contributed by atoms with Crippen LogP contribution in [0, 0.1) is 6.92 Å². The van der Waals surface area contributed by atoms with Crippen LogP contribution in [0.5, 0.6) is 11.5 Å². The molecule has 0 atom stereocenters. The molecule has 0 bridgehead atoms. The van der Waals surface area contributed by atoms with Crippen molar-refractivity contribution in [3.05, 3.63) is 58.0 Å². The highest BCUT2D eigenvalue weighted by Crippen LogP contribution is 2.17. The Morgan fingerprint density at radius 3 is 2.58 bits per heavy atom. The van der Waals surface area contributed by atoms with Gasteiger partial charge in [0.2, 0.25) is 5.91 Å². The molecule has 1 amide bonds. The molecule has 0 aliphatic carbocycles. The first-order chi connectivity index (χ1) is 11.5. The second-order valence-electron chi connectivity index (χ2n) is 5.37. The van der Waals surface area contributed by atoms with Gasteiger partial charge in [-0.05, 0) is 19.1 Å². The van der Waals surface area contributed by atoms with Crippen LogP contribution >= 0.6 is 0 Å². The van der Waals surface area contributed by atoms with Gasteiger partial charge in [-0.15, -0.1) is 0 Å². The summed E-state index contributed by atoms with van der Waals surface area (Å²) in [6.07, 6.45) is 0.237. The van der Waals surface area contributed by atoms with Crippen LogP contribution < -0.4 is 20.3 Å². The van der Waals surface area contributed by atoms with Crippen molar-refractivity contribution in [2.75, 3.05) is 20.8 Å². The van der Waals surface area contributed by atoms with Gasteiger partial charge in [0.1, 0.15) is 11.5 Å². The highest BCUT2D eigenvalue weighted by molar-refractivity contribution is 5.79. The van der Waals surface area contributed by atoms with Gasteiger partial charge in [0, 0.05) is 30.4 Å². The molecule has 0 saturated carbocycles. The molecule has 0 spiro atoms. The van der Waals surface area contributed by atoms with E-state index in [9.17, 15) is 9.59 Å². The minimum Gasteiger partial charge on any atom is -0.496 e. The monoisotopic (exact) mass is 330 g/mol. The molecule has 2 rings (SSSR count). The Labute approximate surface area is 141 Å². The minimum atomic E-state index is -0.147. The van der Waals surface area contributed by atoms with E-state index in [1.165, 1.54) is 13.2 Å². The molecule has 1 heterocycles. The zero-order valence-corrected chi connectivity index (χ0v) is 14.2. The average molecular weight is 330 g/mol. The molecule has 128 valence electrons. The van der Waals surface area contributed by atoms with Crippen molar-refractivity contribution in [3.63, 3.8) is 0 Å². The molecule has 0 unspecified atom stereocenters. The third-order valence-electron chi connectivity index (χ3n) is 3.75. The summed E-state index contributed by atoms with van der Waals surface area (Å²) in [7, 11) is 3.10. The van der Waals surface area contributed by atoms with Crippen LogP contribution in [0.4, 0.5) is 0 Å². The Morgan fingerprint density at radius 2 is 1.92 bits per heavy atom. The predicted octanol–water partition coefficient (Wildman–Crippen LogP) is 1.53. The number of amides is 1. The summed E-state index contributed by atoms with van der Waals surface area (Å²) in [5.41, 5.74) is 1.47. The van der Waals surface area contributed by atoms with E-state index in [-0.39, 0.29) is 17.9 Å². The van der Waals surface area contributed by atoms with Gasteiger partial charge < -0.3 is 19.4 Å². The van der Waals surface area contributed by atoms with Gasteiger partial charge in [0.05, 0.1) is 20.6 Å². The van der Waals surface area contributed by atoms with E-state index >= 15 is 0 Å². The lowest BCUT2D eigenvalue weighted by Crippen LogP contribution is -2.32. The summed E-state index contributed by atoms with van der Waals surface area (Å²) in [4.78, 5) is 24.1. The van der Waals surface area contributed by atoms with Crippen molar-refractivity contribution in [2.45, 2.75) is 19.9 Å². The first-order valence-electron chi connectivity index (χ1n) is 7.69. The van der Waals surface area contributed by atoms with Crippen LogP contribution in [0.1, 0.15) is 11.3 Å². The number of aromatic nitrogens is 1. The van der Waals surface area contributed by atoms with Gasteiger partial charge in [0.15, 0.2) is 0 Å². The lowest BCUT2D eigenvalue weighted by atomic mass is 10.1. The lowest BCUT2D eigenvalue weighted by Gasteiger charge is -2.12. The Bertz CT molecular complexity index is 768. The number of carbonyl (C=O) groups excluding carboxylic acids is 1. The number of para-hydroxylation sites is 1. The molecule has 0 radical (unpaired) electrons. The molecule has 24 heavy (non-hydrogen) atoms. The van der Waals surface area contributed by atoms with Crippen molar-refractivity contribution in [2.24, 2.45) is 0 Å². The molecular weight excluding hydrogens is 308 g/mol. The smallest absolute Gasteiger partial charge is 0.254 e. The highest BCUT2D eigenvalue weighted by Gasteiger charge is 2.08. The number of aryl methyl sites for hydroxylation is 1. The molecule has 0 aliphatic rings. The molecule has 2 aromatic rings. The molecule has 6 heteroatoms. The zero-order valence-electron chi connectivity index (χ0n) is 14.2. The maximum Gasteiger partial charge on any atom is 0.254 e. The second kappa shape index (κ2) is 8.19. The van der Waals surface area contributed by atoms with E-state index in [0.717, 1.165) is 11.3 Å². The summed E-state index contributed by atoms with van der Waals surface area (Å²) in [6, 6.07) is 10.6. The lowest BCUT2D eigenvalue weighted by molar-refractivity contribution is -0.120. The fourth-order valence-corrected chi connectivity index (χ4v) is 2.49. The summed E-state index contributed by atoms with van der Waals surface area (Å²) in [5.74, 6) is 1.11. The Morgan fingerprint density at radius 1 is 1.17 bits per heavy atom. The minimum absolute atomic E-state index is 0.112. The van der Waals surface area contributed by atoms with E-state index in [1.807, 2.05) is 31.2 Å². The van der Waals surface area contributed by atoms with Crippen LogP contribution in [0.15, 0.2) is 41.2 Å². The summed E-state index contributed by atoms with van der Waals surface area (Å²) in [5, 5.41) is 2.83. The SMILES string of the molecule is COc1cc(C)n(CCNC(=O)Cc2ccccc2OC)c(=O)c1. The average Bonchev–Trinajstić information content (AvgIpc) is 2.57. The van der Waals surface area contributed by atoms with Crippen LogP contribution in [-0.4, -0.2) is 31.2 Å². The third-order valence-corrected chi connectivity index (χ3v) is 3.75. The molecule has 1 aromatic heterocycles. The number of hydrogen-bond donors (Lipinski definition) is 1. The number of nitrogens with zero attached hydrogens (tertiary/aromatic N) is 1. The van der Waals surface area contributed by atoms with Crippen molar-refractivity contribution >= 4 is 5.91 Å². The molecule has 0 fully saturated rings. The predicted molar refractivity (Wildman–Crippen MR) is 91.7 cm³/mol. The van der Waals surface area contributed by atoms with Crippen LogP contribution in [-0.2, 0) is 17.8 Å². The number of ether oxygens (including phenoxy) is 2. The number of pyridine rings is 1. The molecule has 6 nitrogen and oxygen atoms in total. The van der Waals surface area contributed by atoms with Crippen LogP contribution in [0.3, 0.4) is 0 Å². The first-order valence-corrected chi connectivity index (χ1v) is 7.69. The van der Waals surface area contributed by atoms with E-state index in [0.29, 0.717) is 24.6 Å². The number of nitrogens with one attached hydrogen (secondary N) is 1. The Hall–Kier alpha value is -2.76. The molecular formula is C18H22N2O4. The Kier molecular flexibility index (Phi) is 6.01. The Balaban J connectivity index is 1.93. The largest absolute Gasteiger partial charge is 0.496 e. The summed E-state index contributed by atoms with van der Waals surface area (Å²) in [6.45, 7) is 2.62. The topological polar surface area (TPSA) is 69.6 Å². The quantitative estimate of drug-likeness (QED) is 0.836. The fourth-order valence-electron chi connectivity index (χ4n) is 2.49. The van der Waals surface area contributed by atoms with Crippen molar-refractivity contribution in [1.82, 2.24) is 9.88 Å². The maximum atomic E-state index is 12.1. The van der Waals surface area contributed by atoms with Crippen molar-refractivity contribution < 1.29 is 14.3 Å².